The molecule has 1 amide bonds. The molecule has 25 heavy (non-hydrogen) atoms. The highest BCUT2D eigenvalue weighted by Gasteiger charge is 2.35. The number of rotatable bonds is 3. The molecule has 1 fully saturated rings. The number of carbonyl (C=O) groups excluding carboxylic acids is 1. The molecule has 2 N–H and O–H groups in total. The quantitative estimate of drug-likeness (QED) is 0.868. The Morgan fingerprint density at radius 3 is 3.08 bits per heavy atom. The molecule has 1 aromatic carbocycles. The number of hydrogen-bond acceptors (Lipinski definition) is 6. The van der Waals surface area contributed by atoms with Crippen molar-refractivity contribution in [3.05, 3.63) is 53.6 Å². The summed E-state index contributed by atoms with van der Waals surface area (Å²) in [6, 6.07) is 7.69. The summed E-state index contributed by atoms with van der Waals surface area (Å²) in [6.07, 6.45) is 4.84. The number of methoxy groups -OCH3 is 1. The molecule has 3 heterocycles. The van der Waals surface area contributed by atoms with Gasteiger partial charge in [-0.15, -0.1) is 0 Å². The molecule has 2 aliphatic rings. The Labute approximate surface area is 146 Å². The molecule has 2 aromatic rings. The minimum atomic E-state index is -0.249. The average molecular weight is 339 g/mol. The first kappa shape index (κ1) is 16.0. The van der Waals surface area contributed by atoms with E-state index >= 15 is 0 Å². The molecule has 130 valence electrons. The van der Waals surface area contributed by atoms with Gasteiger partial charge in [0, 0.05) is 36.8 Å². The van der Waals surface area contributed by atoms with Gasteiger partial charge < -0.3 is 9.64 Å². The van der Waals surface area contributed by atoms with Gasteiger partial charge in [0.25, 0.3) is 0 Å². The fourth-order valence-electron chi connectivity index (χ4n) is 3.55. The third kappa shape index (κ3) is 3.08. The predicted molar refractivity (Wildman–Crippen MR) is 91.6 cm³/mol. The van der Waals surface area contributed by atoms with E-state index in [-0.39, 0.29) is 18.0 Å². The highest BCUT2D eigenvalue weighted by atomic mass is 16.5. The van der Waals surface area contributed by atoms with Crippen molar-refractivity contribution < 1.29 is 9.53 Å². The normalized spacial score (nSPS) is 22.5. The number of fused-ring (bicyclic) bond motifs is 1. The van der Waals surface area contributed by atoms with E-state index < -0.39 is 0 Å². The molecule has 0 radical (unpaired) electrons. The minimum absolute atomic E-state index is 0.0468. The molecule has 2 aliphatic heterocycles. The van der Waals surface area contributed by atoms with Crippen LogP contribution >= 0.6 is 0 Å². The smallest absolute Gasteiger partial charge is 0.241 e. The fraction of sp³-hybridized carbons (Fsp3) is 0.389. The molecule has 1 saturated heterocycles. The highest BCUT2D eigenvalue weighted by molar-refractivity contribution is 5.82. The van der Waals surface area contributed by atoms with E-state index in [1.54, 1.807) is 19.6 Å². The van der Waals surface area contributed by atoms with Crippen LogP contribution in [0.4, 0.5) is 0 Å². The Balaban J connectivity index is 1.44. The Hall–Kier alpha value is -2.51. The van der Waals surface area contributed by atoms with Crippen LogP contribution < -0.4 is 15.6 Å². The lowest BCUT2D eigenvalue weighted by Crippen LogP contribution is -2.47. The van der Waals surface area contributed by atoms with Gasteiger partial charge in [-0.2, -0.15) is 0 Å². The summed E-state index contributed by atoms with van der Waals surface area (Å²) in [5, 5.41) is 0. The van der Waals surface area contributed by atoms with Crippen LogP contribution in [0.2, 0.25) is 0 Å². The Morgan fingerprint density at radius 2 is 2.20 bits per heavy atom. The first-order valence-corrected chi connectivity index (χ1v) is 8.47. The fourth-order valence-corrected chi connectivity index (χ4v) is 3.55. The largest absolute Gasteiger partial charge is 0.496 e. The standard InChI is InChI=1S/C18H21N5O2/c1-25-17-5-3-2-4-13(17)15-8-16(22-21-15)18(24)23-7-6-14-12(10-23)9-19-11-20-14/h2-5,9,11,15-16,21-22H,6-8,10H2,1H3. The summed E-state index contributed by atoms with van der Waals surface area (Å²) in [5.41, 5.74) is 9.53. The Kier molecular flexibility index (Phi) is 4.33. The molecule has 0 aliphatic carbocycles. The lowest BCUT2D eigenvalue weighted by Gasteiger charge is -2.29. The Morgan fingerprint density at radius 1 is 1.32 bits per heavy atom. The summed E-state index contributed by atoms with van der Waals surface area (Å²) in [4.78, 5) is 23.1. The number of hydrazine groups is 1. The number of hydrogen-bond donors (Lipinski definition) is 2. The van der Waals surface area contributed by atoms with Gasteiger partial charge in [-0.1, -0.05) is 18.2 Å². The molecular weight excluding hydrogens is 318 g/mol. The molecule has 7 nitrogen and oxygen atoms in total. The molecule has 2 unspecified atom stereocenters. The van der Waals surface area contributed by atoms with Gasteiger partial charge in [0.15, 0.2) is 0 Å². The average Bonchev–Trinajstić information content (AvgIpc) is 3.17. The van der Waals surface area contributed by atoms with Gasteiger partial charge in [0.1, 0.15) is 18.1 Å². The molecule has 4 rings (SSSR count). The molecule has 7 heteroatoms. The number of amides is 1. The summed E-state index contributed by atoms with van der Waals surface area (Å²) in [6.45, 7) is 1.27. The van der Waals surface area contributed by atoms with Gasteiger partial charge in [-0.25, -0.2) is 20.8 Å². The van der Waals surface area contributed by atoms with Crippen LogP contribution in [-0.4, -0.2) is 40.5 Å². The minimum Gasteiger partial charge on any atom is -0.496 e. The second-order valence-electron chi connectivity index (χ2n) is 6.38. The van der Waals surface area contributed by atoms with Crippen LogP contribution in [0.15, 0.2) is 36.8 Å². The number of nitrogens with one attached hydrogen (secondary N) is 2. The van der Waals surface area contributed by atoms with Crippen molar-refractivity contribution in [2.75, 3.05) is 13.7 Å². The number of para-hydroxylation sites is 1. The van der Waals surface area contributed by atoms with Crippen molar-refractivity contribution >= 4 is 5.91 Å². The van der Waals surface area contributed by atoms with Crippen molar-refractivity contribution in [3.8, 4) is 5.75 Å². The van der Waals surface area contributed by atoms with Crippen LogP contribution in [-0.2, 0) is 17.8 Å². The number of ether oxygens (including phenoxy) is 1. The van der Waals surface area contributed by atoms with Crippen LogP contribution in [0.25, 0.3) is 0 Å². The van der Waals surface area contributed by atoms with E-state index in [2.05, 4.69) is 20.8 Å². The maximum atomic E-state index is 12.9. The van der Waals surface area contributed by atoms with E-state index in [4.69, 9.17) is 4.74 Å². The first-order valence-electron chi connectivity index (χ1n) is 8.47. The van der Waals surface area contributed by atoms with Crippen LogP contribution in [0.1, 0.15) is 29.3 Å². The first-order chi connectivity index (χ1) is 12.3. The van der Waals surface area contributed by atoms with Crippen molar-refractivity contribution in [2.45, 2.75) is 31.5 Å². The van der Waals surface area contributed by atoms with Crippen LogP contribution in [0.3, 0.4) is 0 Å². The number of nitrogens with zero attached hydrogens (tertiary/aromatic N) is 3. The predicted octanol–water partition coefficient (Wildman–Crippen LogP) is 0.978. The van der Waals surface area contributed by atoms with Crippen LogP contribution in [0.5, 0.6) is 5.75 Å². The van der Waals surface area contributed by atoms with Gasteiger partial charge in [-0.3, -0.25) is 4.79 Å². The third-order valence-electron chi connectivity index (χ3n) is 4.89. The zero-order chi connectivity index (χ0) is 17.2. The maximum absolute atomic E-state index is 12.9. The SMILES string of the molecule is COc1ccccc1C1CC(C(=O)N2CCc3ncncc3C2)NN1. The maximum Gasteiger partial charge on any atom is 0.241 e. The monoisotopic (exact) mass is 339 g/mol. The zero-order valence-electron chi connectivity index (χ0n) is 14.1. The van der Waals surface area contributed by atoms with Crippen molar-refractivity contribution in [2.24, 2.45) is 0 Å². The lowest BCUT2D eigenvalue weighted by molar-refractivity contribution is -0.134. The number of carbonyl (C=O) groups is 1. The molecule has 1 aromatic heterocycles. The van der Waals surface area contributed by atoms with Crippen molar-refractivity contribution in [3.63, 3.8) is 0 Å². The lowest BCUT2D eigenvalue weighted by atomic mass is 9.99. The summed E-state index contributed by atoms with van der Waals surface area (Å²) in [5.74, 6) is 0.943. The van der Waals surface area contributed by atoms with Crippen molar-refractivity contribution in [1.82, 2.24) is 25.7 Å². The second-order valence-corrected chi connectivity index (χ2v) is 6.38. The second kappa shape index (κ2) is 6.78. The highest BCUT2D eigenvalue weighted by Crippen LogP contribution is 2.30. The van der Waals surface area contributed by atoms with Gasteiger partial charge in [0.05, 0.1) is 18.8 Å². The van der Waals surface area contributed by atoms with E-state index in [9.17, 15) is 4.79 Å². The van der Waals surface area contributed by atoms with Gasteiger partial charge in [0.2, 0.25) is 5.91 Å². The Bertz CT molecular complexity index is 782. The van der Waals surface area contributed by atoms with Crippen LogP contribution in [0, 0.1) is 0 Å². The topological polar surface area (TPSA) is 79.4 Å². The van der Waals surface area contributed by atoms with E-state index in [0.29, 0.717) is 19.5 Å². The number of aromatic nitrogens is 2. The van der Waals surface area contributed by atoms with Gasteiger partial charge >= 0.3 is 0 Å². The zero-order valence-corrected chi connectivity index (χ0v) is 14.1. The molecule has 0 saturated carbocycles. The summed E-state index contributed by atoms with van der Waals surface area (Å²) < 4.78 is 5.43. The van der Waals surface area contributed by atoms with E-state index in [0.717, 1.165) is 29.0 Å². The molecule has 2 atom stereocenters. The summed E-state index contributed by atoms with van der Waals surface area (Å²) >= 11 is 0. The van der Waals surface area contributed by atoms with E-state index in [1.807, 2.05) is 29.2 Å². The molecular formula is C18H21N5O2. The number of benzene rings is 1. The van der Waals surface area contributed by atoms with Crippen molar-refractivity contribution in [1.29, 1.82) is 0 Å². The molecule has 0 bridgehead atoms. The van der Waals surface area contributed by atoms with E-state index in [1.165, 1.54) is 0 Å². The van der Waals surface area contributed by atoms with Gasteiger partial charge in [-0.05, 0) is 12.5 Å². The summed E-state index contributed by atoms with van der Waals surface area (Å²) in [7, 11) is 1.66. The third-order valence-corrected chi connectivity index (χ3v) is 4.89. The molecule has 0 spiro atoms.